The van der Waals surface area contributed by atoms with Crippen molar-refractivity contribution in [3.05, 3.63) is 35.4 Å². The van der Waals surface area contributed by atoms with Crippen molar-refractivity contribution in [2.24, 2.45) is 5.73 Å². The van der Waals surface area contributed by atoms with Crippen LogP contribution in [-0.2, 0) is 17.3 Å². The van der Waals surface area contributed by atoms with Gasteiger partial charge in [0.2, 0.25) is 0 Å². The molecular weight excluding hydrogens is 255 g/mol. The Labute approximate surface area is 110 Å². The highest BCUT2D eigenvalue weighted by Crippen LogP contribution is 2.31. The average molecular weight is 273 g/mol. The van der Waals surface area contributed by atoms with Crippen molar-refractivity contribution in [1.82, 2.24) is 0 Å². The zero-order valence-corrected chi connectivity index (χ0v) is 10.8. The average Bonchev–Trinajstić information content (AvgIpc) is 2.77. The van der Waals surface area contributed by atoms with Gasteiger partial charge in [0.1, 0.15) is 0 Å². The molecule has 2 atom stereocenters. The number of hydrogen-bond donors (Lipinski definition) is 1. The lowest BCUT2D eigenvalue weighted by molar-refractivity contribution is -0.137. The van der Waals surface area contributed by atoms with Gasteiger partial charge in [-0.3, -0.25) is 0 Å². The predicted octanol–water partition coefficient (Wildman–Crippen LogP) is 3.14. The second-order valence-corrected chi connectivity index (χ2v) is 5.27. The first-order chi connectivity index (χ1) is 8.81. The van der Waals surface area contributed by atoms with E-state index in [2.05, 4.69) is 0 Å². The smallest absolute Gasteiger partial charge is 0.374 e. The molecule has 1 aliphatic heterocycles. The van der Waals surface area contributed by atoms with E-state index in [9.17, 15) is 13.2 Å². The van der Waals surface area contributed by atoms with E-state index in [1.165, 1.54) is 12.1 Å². The Bertz CT molecular complexity index is 421. The second-order valence-electron chi connectivity index (χ2n) is 5.27. The molecule has 106 valence electrons. The highest BCUT2D eigenvalue weighted by atomic mass is 19.4. The van der Waals surface area contributed by atoms with Gasteiger partial charge in [-0.25, -0.2) is 0 Å². The van der Waals surface area contributed by atoms with Crippen LogP contribution in [0.15, 0.2) is 24.3 Å². The zero-order chi connectivity index (χ0) is 14.1. The summed E-state index contributed by atoms with van der Waals surface area (Å²) in [7, 11) is 0. The van der Waals surface area contributed by atoms with E-state index in [-0.39, 0.29) is 11.6 Å². The van der Waals surface area contributed by atoms with Crippen LogP contribution in [-0.4, -0.2) is 18.2 Å². The van der Waals surface area contributed by atoms with E-state index >= 15 is 0 Å². The molecule has 0 spiro atoms. The summed E-state index contributed by atoms with van der Waals surface area (Å²) in [5.41, 5.74) is 5.94. The molecule has 1 heterocycles. The molecule has 5 heteroatoms. The molecule has 1 aromatic rings. The van der Waals surface area contributed by atoms with E-state index in [4.69, 9.17) is 10.5 Å². The van der Waals surface area contributed by atoms with Crippen LogP contribution in [0.5, 0.6) is 0 Å². The standard InChI is InChI=1S/C14H18F3NO/c1-13(7-2-8-19-13)12(18)9-10-3-5-11(6-4-10)14(15,16)17/h3-6,12H,2,7-9,18H2,1H3. The Hall–Kier alpha value is -1.07. The summed E-state index contributed by atoms with van der Waals surface area (Å²) in [6.45, 7) is 2.67. The molecule has 0 radical (unpaired) electrons. The summed E-state index contributed by atoms with van der Waals surface area (Å²) in [5.74, 6) is 0. The molecule has 2 unspecified atom stereocenters. The first-order valence-electron chi connectivity index (χ1n) is 6.37. The third-order valence-corrected chi connectivity index (χ3v) is 3.77. The number of nitrogens with two attached hydrogens (primary N) is 1. The van der Waals surface area contributed by atoms with Crippen molar-refractivity contribution in [3.63, 3.8) is 0 Å². The van der Waals surface area contributed by atoms with Gasteiger partial charge in [-0.1, -0.05) is 12.1 Å². The van der Waals surface area contributed by atoms with Crippen LogP contribution < -0.4 is 5.73 Å². The van der Waals surface area contributed by atoms with Crippen molar-refractivity contribution in [1.29, 1.82) is 0 Å². The van der Waals surface area contributed by atoms with Gasteiger partial charge in [-0.2, -0.15) is 13.2 Å². The van der Waals surface area contributed by atoms with Crippen LogP contribution in [0.4, 0.5) is 13.2 Å². The van der Waals surface area contributed by atoms with E-state index < -0.39 is 11.7 Å². The summed E-state index contributed by atoms with van der Waals surface area (Å²) >= 11 is 0. The normalized spacial score (nSPS) is 25.5. The molecule has 1 aromatic carbocycles. The van der Waals surface area contributed by atoms with Gasteiger partial charge in [0.05, 0.1) is 11.2 Å². The third-order valence-electron chi connectivity index (χ3n) is 3.77. The van der Waals surface area contributed by atoms with Crippen molar-refractivity contribution in [3.8, 4) is 0 Å². The predicted molar refractivity (Wildman–Crippen MR) is 66.7 cm³/mol. The summed E-state index contributed by atoms with van der Waals surface area (Å²) in [5, 5.41) is 0. The van der Waals surface area contributed by atoms with E-state index in [1.54, 1.807) is 0 Å². The Kier molecular flexibility index (Phi) is 3.87. The van der Waals surface area contributed by atoms with Crippen LogP contribution in [0.25, 0.3) is 0 Å². The Morgan fingerprint density at radius 1 is 1.32 bits per heavy atom. The van der Waals surface area contributed by atoms with Gasteiger partial charge in [-0.15, -0.1) is 0 Å². The molecule has 2 rings (SSSR count). The fraction of sp³-hybridized carbons (Fsp3) is 0.571. The van der Waals surface area contributed by atoms with Crippen molar-refractivity contribution < 1.29 is 17.9 Å². The Morgan fingerprint density at radius 3 is 2.42 bits per heavy atom. The van der Waals surface area contributed by atoms with Gasteiger partial charge in [0.15, 0.2) is 0 Å². The number of alkyl halides is 3. The molecule has 19 heavy (non-hydrogen) atoms. The maximum atomic E-state index is 12.4. The van der Waals surface area contributed by atoms with Crippen LogP contribution in [0.3, 0.4) is 0 Å². The molecule has 1 saturated heterocycles. The van der Waals surface area contributed by atoms with Crippen LogP contribution >= 0.6 is 0 Å². The molecule has 2 nitrogen and oxygen atoms in total. The first-order valence-corrected chi connectivity index (χ1v) is 6.37. The van der Waals surface area contributed by atoms with Crippen LogP contribution in [0.2, 0.25) is 0 Å². The van der Waals surface area contributed by atoms with Crippen LogP contribution in [0.1, 0.15) is 30.9 Å². The maximum absolute atomic E-state index is 12.4. The second kappa shape index (κ2) is 5.13. The SMILES string of the molecule is CC1(C(N)Cc2ccc(C(F)(F)F)cc2)CCCO1. The fourth-order valence-electron chi connectivity index (χ4n) is 2.39. The quantitative estimate of drug-likeness (QED) is 0.918. The lowest BCUT2D eigenvalue weighted by Crippen LogP contribution is -2.46. The number of hydrogen-bond acceptors (Lipinski definition) is 2. The number of halogens is 3. The monoisotopic (exact) mass is 273 g/mol. The summed E-state index contributed by atoms with van der Waals surface area (Å²) in [6.07, 6.45) is -1.89. The minimum absolute atomic E-state index is 0.202. The fourth-order valence-corrected chi connectivity index (χ4v) is 2.39. The molecule has 0 amide bonds. The highest BCUT2D eigenvalue weighted by molar-refractivity contribution is 5.25. The minimum atomic E-state index is -4.29. The zero-order valence-electron chi connectivity index (χ0n) is 10.8. The van der Waals surface area contributed by atoms with Crippen molar-refractivity contribution in [2.75, 3.05) is 6.61 Å². The number of ether oxygens (including phenoxy) is 1. The Balaban J connectivity index is 2.03. The van der Waals surface area contributed by atoms with Crippen molar-refractivity contribution >= 4 is 0 Å². The van der Waals surface area contributed by atoms with Gasteiger partial charge >= 0.3 is 6.18 Å². The molecule has 0 aliphatic carbocycles. The van der Waals surface area contributed by atoms with Crippen LogP contribution in [0, 0.1) is 0 Å². The summed E-state index contributed by atoms with van der Waals surface area (Å²) in [4.78, 5) is 0. The summed E-state index contributed by atoms with van der Waals surface area (Å²) < 4.78 is 43.0. The molecule has 2 N–H and O–H groups in total. The van der Waals surface area contributed by atoms with Crippen molar-refractivity contribution in [2.45, 2.75) is 44.0 Å². The van der Waals surface area contributed by atoms with Gasteiger partial charge in [0, 0.05) is 12.6 Å². The number of rotatable bonds is 3. The van der Waals surface area contributed by atoms with Gasteiger partial charge < -0.3 is 10.5 Å². The third kappa shape index (κ3) is 3.28. The van der Waals surface area contributed by atoms with E-state index in [1.807, 2.05) is 6.92 Å². The lowest BCUT2D eigenvalue weighted by Gasteiger charge is -2.30. The summed E-state index contributed by atoms with van der Waals surface area (Å²) in [6, 6.07) is 4.97. The van der Waals surface area contributed by atoms with Gasteiger partial charge in [0.25, 0.3) is 0 Å². The molecule has 1 fully saturated rings. The van der Waals surface area contributed by atoms with Gasteiger partial charge in [-0.05, 0) is 43.9 Å². The van der Waals surface area contributed by atoms with E-state index in [0.717, 1.165) is 30.5 Å². The molecule has 0 aromatic heterocycles. The minimum Gasteiger partial charge on any atom is -0.374 e. The number of benzene rings is 1. The molecule has 1 aliphatic rings. The first kappa shape index (κ1) is 14.3. The van der Waals surface area contributed by atoms with E-state index in [0.29, 0.717) is 13.0 Å². The maximum Gasteiger partial charge on any atom is 0.416 e. The lowest BCUT2D eigenvalue weighted by atomic mass is 9.89. The molecular formula is C14H18F3NO. The highest BCUT2D eigenvalue weighted by Gasteiger charge is 2.36. The molecule has 0 saturated carbocycles. The molecule has 0 bridgehead atoms. The largest absolute Gasteiger partial charge is 0.416 e. The topological polar surface area (TPSA) is 35.2 Å². The Morgan fingerprint density at radius 2 is 1.95 bits per heavy atom.